The van der Waals surface area contributed by atoms with Crippen molar-refractivity contribution in [2.45, 2.75) is 25.3 Å². The minimum atomic E-state index is -0.159. The lowest BCUT2D eigenvalue weighted by Crippen LogP contribution is -2.35. The van der Waals surface area contributed by atoms with Crippen LogP contribution in [0.1, 0.15) is 30.1 Å². The number of amides is 1. The van der Waals surface area contributed by atoms with E-state index in [-0.39, 0.29) is 24.1 Å². The van der Waals surface area contributed by atoms with Crippen molar-refractivity contribution in [2.24, 2.45) is 0 Å². The summed E-state index contributed by atoms with van der Waals surface area (Å²) in [6.45, 7) is -0.0147. The van der Waals surface area contributed by atoms with Gasteiger partial charge in [-0.05, 0) is 43.0 Å². The smallest absolute Gasteiger partial charge is 0.258 e. The van der Waals surface area contributed by atoms with Gasteiger partial charge in [0.2, 0.25) is 5.56 Å². The average Bonchev–Trinajstić information content (AvgIpc) is 2.54. The van der Waals surface area contributed by atoms with Gasteiger partial charge in [0.15, 0.2) is 6.61 Å². The largest absolute Gasteiger partial charge is 0.484 e. The highest BCUT2D eigenvalue weighted by Crippen LogP contribution is 2.27. The van der Waals surface area contributed by atoms with Crippen molar-refractivity contribution in [3.63, 3.8) is 0 Å². The van der Waals surface area contributed by atoms with E-state index < -0.39 is 0 Å². The number of fused-ring (bicyclic) bond motifs is 1. The number of H-pyrrole nitrogens is 1. The second-order valence-corrected chi connectivity index (χ2v) is 5.37. The molecule has 0 saturated heterocycles. The Morgan fingerprint density at radius 3 is 2.86 bits per heavy atom. The first-order valence-corrected chi connectivity index (χ1v) is 7.42. The molecule has 3 rings (SSSR count). The maximum Gasteiger partial charge on any atom is 0.258 e. The number of carbonyl (C=O) groups is 1. The molecular formula is C17H18N2O3. The summed E-state index contributed by atoms with van der Waals surface area (Å²) in [6.07, 6.45) is 2.66. The Bertz CT molecular complexity index is 709. The Morgan fingerprint density at radius 2 is 2.05 bits per heavy atom. The lowest BCUT2D eigenvalue weighted by Gasteiger charge is -2.25. The van der Waals surface area contributed by atoms with Gasteiger partial charge in [-0.2, -0.15) is 0 Å². The van der Waals surface area contributed by atoms with Gasteiger partial charge in [0.1, 0.15) is 5.75 Å². The predicted molar refractivity (Wildman–Crippen MR) is 82.8 cm³/mol. The maximum atomic E-state index is 12.1. The highest BCUT2D eigenvalue weighted by atomic mass is 16.5. The number of pyridine rings is 1. The van der Waals surface area contributed by atoms with Crippen molar-refractivity contribution in [3.8, 4) is 5.75 Å². The fourth-order valence-electron chi connectivity index (χ4n) is 2.75. The van der Waals surface area contributed by atoms with Gasteiger partial charge in [0.05, 0.1) is 6.04 Å². The van der Waals surface area contributed by atoms with Gasteiger partial charge >= 0.3 is 0 Å². The highest BCUT2D eigenvalue weighted by molar-refractivity contribution is 5.78. The van der Waals surface area contributed by atoms with Crippen molar-refractivity contribution in [2.75, 3.05) is 6.61 Å². The molecule has 1 amide bonds. The van der Waals surface area contributed by atoms with Gasteiger partial charge in [-0.3, -0.25) is 9.59 Å². The standard InChI is InChI=1S/C17H18N2O3/c20-16-10-9-13-14(18-16)7-4-8-15(13)19-17(21)11-22-12-5-2-1-3-6-12/h1-3,5-6,9-10,15H,4,7-8,11H2,(H,18,20)(H,19,21). The van der Waals surface area contributed by atoms with E-state index in [4.69, 9.17) is 4.74 Å². The topological polar surface area (TPSA) is 71.2 Å². The van der Waals surface area contributed by atoms with E-state index in [2.05, 4.69) is 10.3 Å². The van der Waals surface area contributed by atoms with Crippen molar-refractivity contribution in [1.82, 2.24) is 10.3 Å². The summed E-state index contributed by atoms with van der Waals surface area (Å²) in [5, 5.41) is 2.98. The number of benzene rings is 1. The molecule has 114 valence electrons. The van der Waals surface area contributed by atoms with Gasteiger partial charge in [0, 0.05) is 11.8 Å². The van der Waals surface area contributed by atoms with E-state index in [1.165, 1.54) is 6.07 Å². The quantitative estimate of drug-likeness (QED) is 0.906. The SMILES string of the molecule is O=C(COc1ccccc1)NC1CCCc2[nH]c(=O)ccc21. The molecular weight excluding hydrogens is 280 g/mol. The Kier molecular flexibility index (Phi) is 4.23. The molecule has 0 spiro atoms. The lowest BCUT2D eigenvalue weighted by molar-refractivity contribution is -0.123. The first-order valence-electron chi connectivity index (χ1n) is 7.42. The summed E-state index contributed by atoms with van der Waals surface area (Å²) in [7, 11) is 0. The van der Waals surface area contributed by atoms with Crippen LogP contribution in [-0.2, 0) is 11.2 Å². The van der Waals surface area contributed by atoms with Gasteiger partial charge in [0.25, 0.3) is 5.91 Å². The molecule has 1 aliphatic carbocycles. The molecule has 0 fully saturated rings. The van der Waals surface area contributed by atoms with Crippen molar-refractivity contribution in [1.29, 1.82) is 0 Å². The number of aromatic nitrogens is 1. The van der Waals surface area contributed by atoms with Crippen LogP contribution in [0.5, 0.6) is 5.75 Å². The third-order valence-electron chi connectivity index (χ3n) is 3.78. The number of para-hydroxylation sites is 1. The molecule has 0 aliphatic heterocycles. The van der Waals surface area contributed by atoms with Crippen LogP contribution in [0.4, 0.5) is 0 Å². The van der Waals surface area contributed by atoms with Crippen LogP contribution < -0.4 is 15.6 Å². The summed E-state index contributed by atoms with van der Waals surface area (Å²) >= 11 is 0. The first-order chi connectivity index (χ1) is 10.7. The van der Waals surface area contributed by atoms with Gasteiger partial charge in [-0.1, -0.05) is 18.2 Å². The van der Waals surface area contributed by atoms with E-state index >= 15 is 0 Å². The Balaban J connectivity index is 1.62. The molecule has 0 saturated carbocycles. The van der Waals surface area contributed by atoms with Gasteiger partial charge < -0.3 is 15.0 Å². The number of aryl methyl sites for hydroxylation is 1. The molecule has 0 radical (unpaired) electrons. The zero-order chi connectivity index (χ0) is 15.4. The summed E-state index contributed by atoms with van der Waals surface area (Å²) in [4.78, 5) is 26.3. The minimum absolute atomic E-state index is 0.0147. The summed E-state index contributed by atoms with van der Waals surface area (Å²) < 4.78 is 5.45. The summed E-state index contributed by atoms with van der Waals surface area (Å²) in [5.41, 5.74) is 1.82. The van der Waals surface area contributed by atoms with Gasteiger partial charge in [-0.25, -0.2) is 0 Å². The van der Waals surface area contributed by atoms with Gasteiger partial charge in [-0.15, -0.1) is 0 Å². The van der Waals surface area contributed by atoms with Crippen LogP contribution in [-0.4, -0.2) is 17.5 Å². The Hall–Kier alpha value is -2.56. The highest BCUT2D eigenvalue weighted by Gasteiger charge is 2.22. The lowest BCUT2D eigenvalue weighted by atomic mass is 9.91. The zero-order valence-electron chi connectivity index (χ0n) is 12.2. The average molecular weight is 298 g/mol. The second-order valence-electron chi connectivity index (χ2n) is 5.37. The van der Waals surface area contributed by atoms with E-state index in [9.17, 15) is 9.59 Å². The molecule has 0 bridgehead atoms. The second kappa shape index (κ2) is 6.47. The number of nitrogens with one attached hydrogen (secondary N) is 2. The van der Waals surface area contributed by atoms with Crippen molar-refractivity contribution < 1.29 is 9.53 Å². The number of hydrogen-bond acceptors (Lipinski definition) is 3. The molecule has 2 aromatic rings. The molecule has 22 heavy (non-hydrogen) atoms. The van der Waals surface area contributed by atoms with Crippen LogP contribution in [0, 0.1) is 0 Å². The van der Waals surface area contributed by atoms with Crippen LogP contribution in [0.2, 0.25) is 0 Å². The van der Waals surface area contributed by atoms with E-state index in [1.807, 2.05) is 30.3 Å². The van der Waals surface area contributed by atoms with Crippen molar-refractivity contribution in [3.05, 3.63) is 64.1 Å². The normalized spacial score (nSPS) is 16.6. The molecule has 1 aromatic heterocycles. The third kappa shape index (κ3) is 3.36. The van der Waals surface area contributed by atoms with Crippen LogP contribution in [0.15, 0.2) is 47.3 Å². The molecule has 1 heterocycles. The monoisotopic (exact) mass is 298 g/mol. The molecule has 5 heteroatoms. The molecule has 2 N–H and O–H groups in total. The van der Waals surface area contributed by atoms with Crippen LogP contribution in [0.3, 0.4) is 0 Å². The predicted octanol–water partition coefficient (Wildman–Crippen LogP) is 1.95. The van der Waals surface area contributed by atoms with Crippen LogP contribution in [0.25, 0.3) is 0 Å². The number of rotatable bonds is 4. The van der Waals surface area contributed by atoms with E-state index in [0.717, 1.165) is 30.5 Å². The summed E-state index contributed by atoms with van der Waals surface area (Å²) in [6, 6.07) is 12.5. The zero-order valence-corrected chi connectivity index (χ0v) is 12.2. The number of ether oxygens (including phenoxy) is 1. The molecule has 1 aliphatic rings. The van der Waals surface area contributed by atoms with E-state index in [0.29, 0.717) is 5.75 Å². The molecule has 1 atom stereocenters. The fraction of sp³-hybridized carbons (Fsp3) is 0.294. The van der Waals surface area contributed by atoms with Crippen LogP contribution >= 0.6 is 0 Å². The first kappa shape index (κ1) is 14.4. The third-order valence-corrected chi connectivity index (χ3v) is 3.78. The fourth-order valence-corrected chi connectivity index (χ4v) is 2.75. The van der Waals surface area contributed by atoms with Crippen molar-refractivity contribution >= 4 is 5.91 Å². The molecule has 1 aromatic carbocycles. The minimum Gasteiger partial charge on any atom is -0.484 e. The maximum absolute atomic E-state index is 12.1. The summed E-state index contributed by atoms with van der Waals surface area (Å²) in [5.74, 6) is 0.513. The Labute approximate surface area is 128 Å². The van der Waals surface area contributed by atoms with E-state index in [1.54, 1.807) is 6.07 Å². The molecule has 5 nitrogen and oxygen atoms in total. The molecule has 1 unspecified atom stereocenters. The number of carbonyl (C=O) groups excluding carboxylic acids is 1. The number of aromatic amines is 1. The Morgan fingerprint density at radius 1 is 1.23 bits per heavy atom. The number of hydrogen-bond donors (Lipinski definition) is 2.